The van der Waals surface area contributed by atoms with Crippen molar-refractivity contribution in [1.29, 1.82) is 0 Å². The maximum Gasteiger partial charge on any atom is 0.154 e. The average Bonchev–Trinajstić information content (AvgIpc) is 3.66. The Hall–Kier alpha value is -4.25. The van der Waals surface area contributed by atoms with Crippen molar-refractivity contribution in [2.45, 2.75) is 25.3 Å². The number of aromatic nitrogens is 3. The minimum absolute atomic E-state index is 0.637. The predicted molar refractivity (Wildman–Crippen MR) is 137 cm³/mol. The Kier molecular flexibility index (Phi) is 5.36. The third-order valence-corrected chi connectivity index (χ3v) is 6.11. The summed E-state index contributed by atoms with van der Waals surface area (Å²) in [5, 5.41) is 3.48. The van der Waals surface area contributed by atoms with Crippen molar-refractivity contribution in [2.75, 3.05) is 5.32 Å². The van der Waals surface area contributed by atoms with Crippen molar-refractivity contribution < 1.29 is 0 Å². The highest BCUT2D eigenvalue weighted by molar-refractivity contribution is 6.13. The number of pyridine rings is 2. The minimum Gasteiger partial charge on any atom is -0.379 e. The van der Waals surface area contributed by atoms with Crippen LogP contribution in [0.15, 0.2) is 109 Å². The van der Waals surface area contributed by atoms with Crippen LogP contribution in [0.5, 0.6) is 0 Å². The predicted octanol–water partition coefficient (Wildman–Crippen LogP) is 6.39. The van der Waals surface area contributed by atoms with Gasteiger partial charge in [-0.3, -0.25) is 0 Å². The highest BCUT2D eigenvalue weighted by atomic mass is 15.0. The van der Waals surface area contributed by atoms with Gasteiger partial charge in [0, 0.05) is 41.5 Å². The number of benzene rings is 2. The van der Waals surface area contributed by atoms with Crippen molar-refractivity contribution in [2.24, 2.45) is 4.99 Å². The Labute approximate surface area is 198 Å². The first-order valence-corrected chi connectivity index (χ1v) is 11.7. The first-order chi connectivity index (χ1) is 16.8. The number of fused-ring (bicyclic) bond motifs is 1. The molecule has 5 nitrogen and oxygen atoms in total. The summed E-state index contributed by atoms with van der Waals surface area (Å²) in [5.74, 6) is 1.40. The Morgan fingerprint density at radius 1 is 0.882 bits per heavy atom. The van der Waals surface area contributed by atoms with Crippen LogP contribution in [0.1, 0.15) is 41.1 Å². The van der Waals surface area contributed by atoms with Gasteiger partial charge in [0.05, 0.1) is 18.0 Å². The van der Waals surface area contributed by atoms with E-state index in [9.17, 15) is 0 Å². The highest BCUT2D eigenvalue weighted by Crippen LogP contribution is 2.39. The molecular weight excluding hydrogens is 418 g/mol. The smallest absolute Gasteiger partial charge is 0.154 e. The zero-order chi connectivity index (χ0) is 22.7. The fourth-order valence-corrected chi connectivity index (χ4v) is 4.19. The molecule has 6 rings (SSSR count). The van der Waals surface area contributed by atoms with E-state index >= 15 is 0 Å². The number of rotatable bonds is 7. The molecule has 0 bridgehead atoms. The van der Waals surface area contributed by atoms with E-state index in [0.29, 0.717) is 12.4 Å². The summed E-state index contributed by atoms with van der Waals surface area (Å²) in [6.07, 6.45) is 8.73. The third kappa shape index (κ3) is 4.46. The van der Waals surface area contributed by atoms with Gasteiger partial charge in [0.1, 0.15) is 5.65 Å². The third-order valence-electron chi connectivity index (χ3n) is 6.11. The largest absolute Gasteiger partial charge is 0.379 e. The number of imidazole rings is 1. The number of aliphatic imine (C=N–C) groups is 1. The first-order valence-electron chi connectivity index (χ1n) is 11.7. The molecule has 1 N–H and O–H groups in total. The van der Waals surface area contributed by atoms with E-state index in [0.717, 1.165) is 39.8 Å². The van der Waals surface area contributed by atoms with Gasteiger partial charge in [0.15, 0.2) is 5.82 Å². The monoisotopic (exact) mass is 443 g/mol. The lowest BCUT2D eigenvalue weighted by Gasteiger charge is -2.09. The molecule has 2 aromatic carbocycles. The van der Waals surface area contributed by atoms with Gasteiger partial charge >= 0.3 is 0 Å². The van der Waals surface area contributed by atoms with Crippen molar-refractivity contribution in [3.63, 3.8) is 0 Å². The van der Waals surface area contributed by atoms with Gasteiger partial charge < -0.3 is 9.72 Å². The fourth-order valence-electron chi connectivity index (χ4n) is 4.19. The van der Waals surface area contributed by atoms with Crippen molar-refractivity contribution in [3.8, 4) is 0 Å². The van der Waals surface area contributed by atoms with Crippen LogP contribution < -0.4 is 5.32 Å². The lowest BCUT2D eigenvalue weighted by Crippen LogP contribution is -2.03. The van der Waals surface area contributed by atoms with Crippen LogP contribution in [0, 0.1) is 0 Å². The van der Waals surface area contributed by atoms with E-state index < -0.39 is 0 Å². The van der Waals surface area contributed by atoms with Crippen LogP contribution in [-0.2, 0) is 6.54 Å². The number of hydrogen-bond acceptors (Lipinski definition) is 4. The summed E-state index contributed by atoms with van der Waals surface area (Å²) in [5.41, 5.74) is 7.38. The standard InChI is InChI=1S/C29H25N5/c1-3-7-22(8-4-1)29(23-9-5-2-6-10-23)33-27-17-25(15-16-30-27)31-18-26-20-34-19-24(21-11-12-21)13-14-28(34)32-26/h1-10,13-17,19-21H,11-12,18H2,(H,30,31). The maximum atomic E-state index is 4.93. The fraction of sp³-hybridized carbons (Fsp3) is 0.138. The Morgan fingerprint density at radius 3 is 2.32 bits per heavy atom. The molecule has 0 spiro atoms. The molecular formula is C29H25N5. The van der Waals surface area contributed by atoms with E-state index in [-0.39, 0.29) is 0 Å². The van der Waals surface area contributed by atoms with E-state index in [2.05, 4.69) is 63.5 Å². The molecule has 166 valence electrons. The molecule has 0 amide bonds. The summed E-state index contributed by atoms with van der Waals surface area (Å²) >= 11 is 0. The minimum atomic E-state index is 0.637. The highest BCUT2D eigenvalue weighted by Gasteiger charge is 2.23. The van der Waals surface area contributed by atoms with Gasteiger partial charge in [0.25, 0.3) is 0 Å². The van der Waals surface area contributed by atoms with Gasteiger partial charge in [-0.25, -0.2) is 15.0 Å². The zero-order valence-electron chi connectivity index (χ0n) is 18.8. The number of nitrogens with zero attached hydrogens (tertiary/aromatic N) is 4. The van der Waals surface area contributed by atoms with Crippen LogP contribution in [0.4, 0.5) is 11.5 Å². The normalized spacial score (nSPS) is 13.1. The topological polar surface area (TPSA) is 54.6 Å². The molecule has 5 heteroatoms. The van der Waals surface area contributed by atoms with E-state index in [1.807, 2.05) is 48.5 Å². The number of nitrogens with one attached hydrogen (secondary N) is 1. The first kappa shape index (κ1) is 20.4. The lowest BCUT2D eigenvalue weighted by atomic mass is 10.0. The van der Waals surface area contributed by atoms with Crippen LogP contribution in [0.2, 0.25) is 0 Å². The molecule has 1 aliphatic carbocycles. The Morgan fingerprint density at radius 2 is 1.62 bits per heavy atom. The second-order valence-corrected chi connectivity index (χ2v) is 8.68. The second-order valence-electron chi connectivity index (χ2n) is 8.68. The summed E-state index contributed by atoms with van der Waals surface area (Å²) in [6, 6.07) is 28.7. The molecule has 0 saturated heterocycles. The zero-order valence-corrected chi connectivity index (χ0v) is 18.8. The van der Waals surface area contributed by atoms with Crippen LogP contribution >= 0.6 is 0 Å². The quantitative estimate of drug-likeness (QED) is 0.297. The molecule has 34 heavy (non-hydrogen) atoms. The lowest BCUT2D eigenvalue weighted by molar-refractivity contribution is 1.05. The molecule has 1 saturated carbocycles. The molecule has 5 aromatic rings. The molecule has 0 radical (unpaired) electrons. The summed E-state index contributed by atoms with van der Waals surface area (Å²) < 4.78 is 2.14. The van der Waals surface area contributed by atoms with Crippen molar-refractivity contribution in [3.05, 3.63) is 126 Å². The molecule has 0 atom stereocenters. The second kappa shape index (κ2) is 8.94. The molecule has 3 aromatic heterocycles. The van der Waals surface area contributed by atoms with Crippen LogP contribution in [0.3, 0.4) is 0 Å². The SMILES string of the molecule is c1ccc(C(=Nc2cc(NCc3cn4cc(C5CC5)ccc4n3)ccn2)c2ccccc2)cc1. The Bertz CT molecular complexity index is 1410. The summed E-state index contributed by atoms with van der Waals surface area (Å²) in [6.45, 7) is 0.637. The molecule has 0 aliphatic heterocycles. The molecule has 1 fully saturated rings. The molecule has 0 unspecified atom stereocenters. The van der Waals surface area contributed by atoms with Gasteiger partial charge in [-0.05, 0) is 36.5 Å². The van der Waals surface area contributed by atoms with Crippen molar-refractivity contribution in [1.82, 2.24) is 14.4 Å². The van der Waals surface area contributed by atoms with Gasteiger partial charge in [-0.2, -0.15) is 0 Å². The summed E-state index contributed by atoms with van der Waals surface area (Å²) in [4.78, 5) is 14.2. The Balaban J connectivity index is 1.24. The maximum absolute atomic E-state index is 4.93. The van der Waals surface area contributed by atoms with E-state index in [1.54, 1.807) is 6.20 Å². The van der Waals surface area contributed by atoms with Crippen molar-refractivity contribution >= 4 is 22.9 Å². The number of anilines is 1. The van der Waals surface area contributed by atoms with Gasteiger partial charge in [-0.1, -0.05) is 66.7 Å². The average molecular weight is 444 g/mol. The van der Waals surface area contributed by atoms with Crippen LogP contribution in [-0.4, -0.2) is 20.1 Å². The molecule has 1 aliphatic rings. The molecule has 3 heterocycles. The summed E-state index contributed by atoms with van der Waals surface area (Å²) in [7, 11) is 0. The van der Waals surface area contributed by atoms with Gasteiger partial charge in [-0.15, -0.1) is 0 Å². The van der Waals surface area contributed by atoms with Gasteiger partial charge in [0.2, 0.25) is 0 Å². The van der Waals surface area contributed by atoms with E-state index in [4.69, 9.17) is 9.98 Å². The van der Waals surface area contributed by atoms with E-state index in [1.165, 1.54) is 18.4 Å². The number of hydrogen-bond donors (Lipinski definition) is 1. The van der Waals surface area contributed by atoms with Crippen LogP contribution in [0.25, 0.3) is 5.65 Å².